The number of nitrogens with one attached hydrogen (secondary N) is 1. The van der Waals surface area contributed by atoms with Gasteiger partial charge in [0.1, 0.15) is 0 Å². The predicted octanol–water partition coefficient (Wildman–Crippen LogP) is 3.14. The molecule has 2 aliphatic heterocycles. The molecule has 2 bridgehead atoms. The standard InChI is InChI=1S/C17H27N3/c1-3-19-15-10-16-7-4-8-17(11-15)20(16)13(2)14-6-5-9-18-12-14/h5-6,9,12-13,15-17,19H,3-4,7-8,10-11H2,1-2H3. The van der Waals surface area contributed by atoms with E-state index in [2.05, 4.69) is 41.2 Å². The van der Waals surface area contributed by atoms with Crippen LogP contribution in [0.25, 0.3) is 0 Å². The molecule has 110 valence electrons. The van der Waals surface area contributed by atoms with E-state index in [-0.39, 0.29) is 0 Å². The van der Waals surface area contributed by atoms with Crippen molar-refractivity contribution in [2.45, 2.75) is 70.1 Å². The fraction of sp³-hybridized carbons (Fsp3) is 0.706. The zero-order chi connectivity index (χ0) is 13.9. The van der Waals surface area contributed by atoms with E-state index < -0.39 is 0 Å². The summed E-state index contributed by atoms with van der Waals surface area (Å²) < 4.78 is 0. The van der Waals surface area contributed by atoms with Crippen molar-refractivity contribution in [2.75, 3.05) is 6.54 Å². The van der Waals surface area contributed by atoms with Gasteiger partial charge < -0.3 is 5.32 Å². The summed E-state index contributed by atoms with van der Waals surface area (Å²) in [6, 6.07) is 7.02. The molecule has 0 aliphatic carbocycles. The third kappa shape index (κ3) is 2.75. The van der Waals surface area contributed by atoms with Crippen LogP contribution in [-0.2, 0) is 0 Å². The summed E-state index contributed by atoms with van der Waals surface area (Å²) >= 11 is 0. The first kappa shape index (κ1) is 14.0. The molecule has 0 aromatic carbocycles. The van der Waals surface area contributed by atoms with Crippen LogP contribution in [0.15, 0.2) is 24.5 Å². The highest BCUT2D eigenvalue weighted by Crippen LogP contribution is 2.39. The molecule has 1 aromatic heterocycles. The van der Waals surface area contributed by atoms with Crippen LogP contribution in [0, 0.1) is 0 Å². The Morgan fingerprint density at radius 2 is 2.10 bits per heavy atom. The maximum Gasteiger partial charge on any atom is 0.0341 e. The van der Waals surface area contributed by atoms with Crippen LogP contribution in [0.2, 0.25) is 0 Å². The largest absolute Gasteiger partial charge is 0.314 e. The zero-order valence-electron chi connectivity index (χ0n) is 12.8. The van der Waals surface area contributed by atoms with Gasteiger partial charge >= 0.3 is 0 Å². The molecule has 3 rings (SSSR count). The van der Waals surface area contributed by atoms with Crippen LogP contribution in [0.4, 0.5) is 0 Å². The summed E-state index contributed by atoms with van der Waals surface area (Å²) in [5.41, 5.74) is 1.37. The van der Waals surface area contributed by atoms with Crippen LogP contribution in [0.1, 0.15) is 57.6 Å². The quantitative estimate of drug-likeness (QED) is 0.913. The molecular weight excluding hydrogens is 246 g/mol. The Morgan fingerprint density at radius 1 is 1.35 bits per heavy atom. The van der Waals surface area contributed by atoms with Crippen molar-refractivity contribution in [3.63, 3.8) is 0 Å². The molecule has 20 heavy (non-hydrogen) atoms. The molecule has 0 amide bonds. The Kier molecular flexibility index (Phi) is 4.37. The maximum absolute atomic E-state index is 4.30. The van der Waals surface area contributed by atoms with E-state index in [1.54, 1.807) is 0 Å². The van der Waals surface area contributed by atoms with Crippen LogP contribution in [-0.4, -0.2) is 34.6 Å². The second-order valence-electron chi connectivity index (χ2n) is 6.37. The van der Waals surface area contributed by atoms with Crippen molar-refractivity contribution in [2.24, 2.45) is 0 Å². The molecule has 3 unspecified atom stereocenters. The zero-order valence-corrected chi connectivity index (χ0v) is 12.8. The second-order valence-corrected chi connectivity index (χ2v) is 6.37. The van der Waals surface area contributed by atoms with Gasteiger partial charge in [-0.15, -0.1) is 0 Å². The van der Waals surface area contributed by atoms with Gasteiger partial charge in [0.05, 0.1) is 0 Å². The van der Waals surface area contributed by atoms with Crippen LogP contribution in [0.3, 0.4) is 0 Å². The lowest BCUT2D eigenvalue weighted by Crippen LogP contribution is -2.56. The molecule has 1 N–H and O–H groups in total. The first-order valence-corrected chi connectivity index (χ1v) is 8.20. The molecular formula is C17H27N3. The van der Waals surface area contributed by atoms with Crippen molar-refractivity contribution in [1.29, 1.82) is 0 Å². The lowest BCUT2D eigenvalue weighted by atomic mass is 9.80. The van der Waals surface area contributed by atoms with Crippen LogP contribution in [0.5, 0.6) is 0 Å². The first-order chi connectivity index (χ1) is 9.79. The monoisotopic (exact) mass is 273 g/mol. The number of hydrogen-bond acceptors (Lipinski definition) is 3. The minimum atomic E-state index is 0.501. The molecule has 2 saturated heterocycles. The Balaban J connectivity index is 1.76. The summed E-state index contributed by atoms with van der Waals surface area (Å²) in [4.78, 5) is 7.09. The van der Waals surface area contributed by atoms with E-state index in [9.17, 15) is 0 Å². The van der Waals surface area contributed by atoms with E-state index >= 15 is 0 Å². The summed E-state index contributed by atoms with van der Waals surface area (Å²) in [5, 5.41) is 3.67. The number of nitrogens with zero attached hydrogens (tertiary/aromatic N) is 2. The van der Waals surface area contributed by atoms with Gasteiger partial charge in [0.15, 0.2) is 0 Å². The van der Waals surface area contributed by atoms with Gasteiger partial charge in [-0.25, -0.2) is 0 Å². The summed E-state index contributed by atoms with van der Waals surface area (Å²) in [6.45, 7) is 5.68. The normalized spacial score (nSPS) is 32.0. The predicted molar refractivity (Wildman–Crippen MR) is 82.6 cm³/mol. The fourth-order valence-electron chi connectivity index (χ4n) is 4.30. The van der Waals surface area contributed by atoms with Crippen molar-refractivity contribution in [1.82, 2.24) is 15.2 Å². The van der Waals surface area contributed by atoms with Crippen molar-refractivity contribution >= 4 is 0 Å². The van der Waals surface area contributed by atoms with E-state index in [0.29, 0.717) is 6.04 Å². The third-order valence-electron chi connectivity index (χ3n) is 5.14. The Hall–Kier alpha value is -0.930. The molecule has 2 aliphatic rings. The van der Waals surface area contributed by atoms with E-state index in [1.807, 2.05) is 12.4 Å². The first-order valence-electron chi connectivity index (χ1n) is 8.20. The molecule has 1 aromatic rings. The van der Waals surface area contributed by atoms with Gasteiger partial charge in [-0.05, 0) is 50.8 Å². The number of pyridine rings is 1. The van der Waals surface area contributed by atoms with Gasteiger partial charge in [-0.2, -0.15) is 0 Å². The van der Waals surface area contributed by atoms with Crippen LogP contribution >= 0.6 is 0 Å². The van der Waals surface area contributed by atoms with Gasteiger partial charge in [0, 0.05) is 36.6 Å². The Morgan fingerprint density at radius 3 is 2.70 bits per heavy atom. The molecule has 0 spiro atoms. The maximum atomic E-state index is 4.30. The van der Waals surface area contributed by atoms with E-state index in [1.165, 1.54) is 37.7 Å². The minimum absolute atomic E-state index is 0.501. The molecule has 3 heteroatoms. The van der Waals surface area contributed by atoms with Gasteiger partial charge in [-0.1, -0.05) is 19.4 Å². The molecule has 3 heterocycles. The summed E-state index contributed by atoms with van der Waals surface area (Å²) in [6.07, 6.45) is 10.7. The number of hydrogen-bond donors (Lipinski definition) is 1. The van der Waals surface area contributed by atoms with Crippen molar-refractivity contribution < 1.29 is 0 Å². The van der Waals surface area contributed by atoms with Gasteiger partial charge in [0.25, 0.3) is 0 Å². The number of fused-ring (bicyclic) bond motifs is 2. The lowest BCUT2D eigenvalue weighted by molar-refractivity contribution is -0.00610. The molecule has 0 saturated carbocycles. The van der Waals surface area contributed by atoms with E-state index in [0.717, 1.165) is 24.7 Å². The topological polar surface area (TPSA) is 28.2 Å². The van der Waals surface area contributed by atoms with Crippen molar-refractivity contribution in [3.8, 4) is 0 Å². The molecule has 2 fully saturated rings. The Labute approximate surface area is 122 Å². The summed E-state index contributed by atoms with van der Waals surface area (Å²) in [7, 11) is 0. The van der Waals surface area contributed by atoms with E-state index in [4.69, 9.17) is 0 Å². The van der Waals surface area contributed by atoms with Crippen molar-refractivity contribution in [3.05, 3.63) is 30.1 Å². The number of aromatic nitrogens is 1. The highest BCUT2D eigenvalue weighted by atomic mass is 15.2. The average molecular weight is 273 g/mol. The van der Waals surface area contributed by atoms with Crippen LogP contribution < -0.4 is 5.32 Å². The van der Waals surface area contributed by atoms with Gasteiger partial charge in [-0.3, -0.25) is 9.88 Å². The summed E-state index contributed by atoms with van der Waals surface area (Å²) in [5.74, 6) is 0. The Bertz CT molecular complexity index is 406. The molecule has 3 atom stereocenters. The number of piperidine rings is 2. The highest BCUT2D eigenvalue weighted by molar-refractivity contribution is 5.15. The highest BCUT2D eigenvalue weighted by Gasteiger charge is 2.40. The minimum Gasteiger partial charge on any atom is -0.314 e. The average Bonchev–Trinajstić information content (AvgIpc) is 2.47. The molecule has 3 nitrogen and oxygen atoms in total. The third-order valence-corrected chi connectivity index (χ3v) is 5.14. The van der Waals surface area contributed by atoms with Gasteiger partial charge in [0.2, 0.25) is 0 Å². The number of rotatable bonds is 4. The lowest BCUT2D eigenvalue weighted by Gasteiger charge is -2.51. The molecule has 0 radical (unpaired) electrons. The second kappa shape index (κ2) is 6.23. The fourth-order valence-corrected chi connectivity index (χ4v) is 4.30. The SMILES string of the molecule is CCNC1CC2CCCC(C1)N2C(C)c1cccnc1. The smallest absolute Gasteiger partial charge is 0.0341 e.